The van der Waals surface area contributed by atoms with E-state index in [1.165, 1.54) is 18.8 Å². The first-order valence-corrected chi connectivity index (χ1v) is 11.5. The van der Waals surface area contributed by atoms with Gasteiger partial charge in [-0.05, 0) is 32.0 Å². The Morgan fingerprint density at radius 1 is 1.19 bits per heavy atom. The lowest BCUT2D eigenvalue weighted by molar-refractivity contribution is 0.587. The Bertz CT molecular complexity index is 1100. The van der Waals surface area contributed by atoms with Gasteiger partial charge in [0.25, 0.3) is 5.56 Å². The number of benzene rings is 1. The number of aromatic nitrogens is 4. The Hall–Kier alpha value is -1.91. The predicted molar refractivity (Wildman–Crippen MR) is 108 cm³/mol. The fourth-order valence-corrected chi connectivity index (χ4v) is 4.65. The van der Waals surface area contributed by atoms with E-state index >= 15 is 0 Å². The van der Waals surface area contributed by atoms with Crippen LogP contribution in [-0.4, -0.2) is 46.1 Å². The minimum atomic E-state index is -3.21. The molecule has 146 valence electrons. The van der Waals surface area contributed by atoms with Crippen molar-refractivity contribution in [3.8, 4) is 0 Å². The molecule has 3 aromatic rings. The van der Waals surface area contributed by atoms with Gasteiger partial charge in [-0.1, -0.05) is 37.2 Å². The van der Waals surface area contributed by atoms with Gasteiger partial charge < -0.3 is 0 Å². The molecule has 27 heavy (non-hydrogen) atoms. The van der Waals surface area contributed by atoms with E-state index in [0.717, 1.165) is 18.4 Å². The zero-order valence-electron chi connectivity index (χ0n) is 15.4. The first-order chi connectivity index (χ1) is 13.0. The summed E-state index contributed by atoms with van der Waals surface area (Å²) in [6, 6.07) is 7.42. The van der Waals surface area contributed by atoms with Gasteiger partial charge in [0.15, 0.2) is 5.16 Å². The van der Waals surface area contributed by atoms with Crippen LogP contribution in [0.1, 0.15) is 26.2 Å². The zero-order chi connectivity index (χ0) is 19.4. The van der Waals surface area contributed by atoms with Crippen molar-refractivity contribution >= 4 is 38.5 Å². The molecule has 0 aliphatic carbocycles. The summed E-state index contributed by atoms with van der Waals surface area (Å²) < 4.78 is 29.0. The van der Waals surface area contributed by atoms with Crippen LogP contribution in [0.3, 0.4) is 0 Å². The summed E-state index contributed by atoms with van der Waals surface area (Å²) in [4.78, 5) is 12.9. The Morgan fingerprint density at radius 3 is 2.70 bits per heavy atom. The van der Waals surface area contributed by atoms with E-state index in [1.807, 2.05) is 28.7 Å². The minimum absolute atomic E-state index is 0.0596. The quantitative estimate of drug-likeness (QED) is 0.428. The van der Waals surface area contributed by atoms with Crippen molar-refractivity contribution in [3.05, 3.63) is 34.6 Å². The van der Waals surface area contributed by atoms with E-state index in [1.54, 1.807) is 4.57 Å². The number of aryl methyl sites for hydroxylation is 1. The molecule has 10 heteroatoms. The highest BCUT2D eigenvalue weighted by molar-refractivity contribution is 7.99. The molecule has 1 N–H and O–H groups in total. The number of para-hydroxylation sites is 1. The molecule has 1 aromatic carbocycles. The summed E-state index contributed by atoms with van der Waals surface area (Å²) >= 11 is 1.44. The number of nitrogens with one attached hydrogen (secondary N) is 1. The first-order valence-electron chi connectivity index (χ1n) is 8.89. The molecule has 0 radical (unpaired) electrons. The number of unbranched alkanes of at least 4 members (excludes halogenated alkanes) is 1. The summed E-state index contributed by atoms with van der Waals surface area (Å²) in [6.45, 7) is 2.67. The van der Waals surface area contributed by atoms with E-state index in [2.05, 4.69) is 21.8 Å². The molecular weight excluding hydrogens is 386 g/mol. The second-order valence-electron chi connectivity index (χ2n) is 6.17. The van der Waals surface area contributed by atoms with Crippen LogP contribution in [0.5, 0.6) is 0 Å². The highest BCUT2D eigenvalue weighted by Crippen LogP contribution is 2.22. The molecule has 0 spiro atoms. The minimum Gasteiger partial charge on any atom is -0.276 e. The summed E-state index contributed by atoms with van der Waals surface area (Å²) in [5, 5.41) is 9.80. The number of thioether (sulfide) groups is 1. The van der Waals surface area contributed by atoms with Crippen molar-refractivity contribution in [1.29, 1.82) is 0 Å². The molecule has 0 bridgehead atoms. The van der Waals surface area contributed by atoms with Crippen LogP contribution in [0.2, 0.25) is 0 Å². The Labute approximate surface area is 162 Å². The molecule has 3 rings (SSSR count). The summed E-state index contributed by atoms with van der Waals surface area (Å²) in [6.07, 6.45) is 2.35. The maximum Gasteiger partial charge on any atom is 0.262 e. The standard InChI is InChI=1S/C17H23N5O3S2/c1-3-4-10-21-15(23)13-8-5-6-9-14(13)22-16(21)19-20-17(22)26-11-7-12-27(24,25)18-2/h5-6,8-9,18H,3-4,7,10-12H2,1-2H3. The Morgan fingerprint density at radius 2 is 1.96 bits per heavy atom. The normalized spacial score (nSPS) is 12.2. The van der Waals surface area contributed by atoms with Crippen LogP contribution in [0, 0.1) is 0 Å². The lowest BCUT2D eigenvalue weighted by Gasteiger charge is -2.10. The molecule has 0 aliphatic rings. The smallest absolute Gasteiger partial charge is 0.262 e. The lowest BCUT2D eigenvalue weighted by Crippen LogP contribution is -2.23. The van der Waals surface area contributed by atoms with Crippen molar-refractivity contribution in [2.45, 2.75) is 37.9 Å². The number of fused-ring (bicyclic) bond motifs is 3. The van der Waals surface area contributed by atoms with Crippen LogP contribution >= 0.6 is 11.8 Å². The van der Waals surface area contributed by atoms with Gasteiger partial charge in [-0.2, -0.15) is 0 Å². The van der Waals surface area contributed by atoms with Crippen LogP contribution in [0.15, 0.2) is 34.2 Å². The first kappa shape index (κ1) is 19.8. The van der Waals surface area contributed by atoms with Gasteiger partial charge >= 0.3 is 0 Å². The average molecular weight is 410 g/mol. The second kappa shape index (κ2) is 8.41. The summed E-state index contributed by atoms with van der Waals surface area (Å²) in [7, 11) is -1.80. The average Bonchev–Trinajstić information content (AvgIpc) is 3.09. The van der Waals surface area contributed by atoms with Gasteiger partial charge in [-0.25, -0.2) is 13.1 Å². The van der Waals surface area contributed by atoms with Crippen molar-refractivity contribution in [2.75, 3.05) is 18.6 Å². The third-order valence-corrected chi connectivity index (χ3v) is 6.78. The topological polar surface area (TPSA) is 98.4 Å². The molecule has 0 atom stereocenters. The fraction of sp³-hybridized carbons (Fsp3) is 0.471. The van der Waals surface area contributed by atoms with Crippen molar-refractivity contribution in [1.82, 2.24) is 23.9 Å². The molecule has 0 aliphatic heterocycles. The number of sulfonamides is 1. The van der Waals surface area contributed by atoms with E-state index in [9.17, 15) is 13.2 Å². The maximum absolute atomic E-state index is 12.9. The monoisotopic (exact) mass is 409 g/mol. The van der Waals surface area contributed by atoms with Crippen LogP contribution < -0.4 is 10.3 Å². The van der Waals surface area contributed by atoms with Crippen LogP contribution in [0.25, 0.3) is 16.7 Å². The van der Waals surface area contributed by atoms with Gasteiger partial charge in [0.2, 0.25) is 15.8 Å². The molecule has 0 saturated carbocycles. The molecule has 0 unspecified atom stereocenters. The summed E-state index contributed by atoms with van der Waals surface area (Å²) in [5.41, 5.74) is 0.705. The van der Waals surface area contributed by atoms with Gasteiger partial charge in [-0.3, -0.25) is 13.8 Å². The number of hydrogen-bond acceptors (Lipinski definition) is 6. The highest BCUT2D eigenvalue weighted by Gasteiger charge is 2.16. The van der Waals surface area contributed by atoms with E-state index in [0.29, 0.717) is 35.0 Å². The lowest BCUT2D eigenvalue weighted by atomic mass is 10.2. The third-order valence-electron chi connectivity index (χ3n) is 4.31. The maximum atomic E-state index is 12.9. The van der Waals surface area contributed by atoms with Crippen molar-refractivity contribution < 1.29 is 8.42 Å². The predicted octanol–water partition coefficient (Wildman–Crippen LogP) is 1.88. The SMILES string of the molecule is CCCCn1c(=O)c2ccccc2n2c(SCCCS(=O)(=O)NC)nnc12. The number of nitrogens with zero attached hydrogens (tertiary/aromatic N) is 4. The van der Waals surface area contributed by atoms with Gasteiger partial charge in [0.1, 0.15) is 0 Å². The number of hydrogen-bond donors (Lipinski definition) is 1. The Balaban J connectivity index is 1.98. The van der Waals surface area contributed by atoms with Crippen LogP contribution in [-0.2, 0) is 16.6 Å². The van der Waals surface area contributed by atoms with E-state index in [4.69, 9.17) is 0 Å². The van der Waals surface area contributed by atoms with Crippen molar-refractivity contribution in [2.24, 2.45) is 0 Å². The molecule has 2 aromatic heterocycles. The van der Waals surface area contributed by atoms with Gasteiger partial charge in [0, 0.05) is 12.3 Å². The molecule has 8 nitrogen and oxygen atoms in total. The summed E-state index contributed by atoms with van der Waals surface area (Å²) in [5.74, 6) is 1.18. The third kappa shape index (κ3) is 4.17. The molecule has 0 amide bonds. The fourth-order valence-electron chi connectivity index (χ4n) is 2.86. The van der Waals surface area contributed by atoms with E-state index < -0.39 is 10.0 Å². The Kier molecular flexibility index (Phi) is 6.18. The van der Waals surface area contributed by atoms with Gasteiger partial charge in [-0.15, -0.1) is 10.2 Å². The largest absolute Gasteiger partial charge is 0.276 e. The van der Waals surface area contributed by atoms with E-state index in [-0.39, 0.29) is 11.3 Å². The van der Waals surface area contributed by atoms with Crippen LogP contribution in [0.4, 0.5) is 0 Å². The molecular formula is C17H23N5O3S2. The van der Waals surface area contributed by atoms with Gasteiger partial charge in [0.05, 0.1) is 16.7 Å². The number of rotatable bonds is 9. The molecule has 0 saturated heterocycles. The zero-order valence-corrected chi connectivity index (χ0v) is 17.0. The molecule has 0 fully saturated rings. The van der Waals surface area contributed by atoms with Crippen molar-refractivity contribution in [3.63, 3.8) is 0 Å². The highest BCUT2D eigenvalue weighted by atomic mass is 32.2. The molecule has 2 heterocycles. The second-order valence-corrected chi connectivity index (χ2v) is 9.28.